The van der Waals surface area contributed by atoms with Gasteiger partial charge < -0.3 is 4.74 Å². The van der Waals surface area contributed by atoms with E-state index in [1.54, 1.807) is 6.92 Å². The van der Waals surface area contributed by atoms with Gasteiger partial charge in [0.05, 0.1) is 17.1 Å². The number of ether oxygens (including phenoxy) is 1. The minimum absolute atomic E-state index is 0.106. The molecule has 0 spiro atoms. The van der Waals surface area contributed by atoms with Crippen molar-refractivity contribution in [1.29, 1.82) is 0 Å². The van der Waals surface area contributed by atoms with Crippen LogP contribution in [0.4, 0.5) is 0 Å². The lowest BCUT2D eigenvalue weighted by Crippen LogP contribution is -2.26. The zero-order valence-electron chi connectivity index (χ0n) is 13.4. The van der Waals surface area contributed by atoms with Gasteiger partial charge in [0.15, 0.2) is 0 Å². The summed E-state index contributed by atoms with van der Waals surface area (Å²) in [4.78, 5) is 11.8. The van der Waals surface area contributed by atoms with Crippen molar-refractivity contribution in [1.82, 2.24) is 4.31 Å². The number of esters is 1. The molecule has 0 bridgehead atoms. The number of nitrogens with zero attached hydrogens (tertiary/aromatic N) is 1. The van der Waals surface area contributed by atoms with Crippen LogP contribution in [0.25, 0.3) is 0 Å². The Morgan fingerprint density at radius 1 is 1.17 bits per heavy atom. The van der Waals surface area contributed by atoms with Gasteiger partial charge in [0.25, 0.3) is 0 Å². The largest absolute Gasteiger partial charge is 0.462 e. The lowest BCUT2D eigenvalue weighted by atomic mass is 10.2. The van der Waals surface area contributed by atoms with Gasteiger partial charge in [-0.2, -0.15) is 4.31 Å². The smallest absolute Gasteiger partial charge is 0.338 e. The maximum Gasteiger partial charge on any atom is 0.338 e. The van der Waals surface area contributed by atoms with Crippen molar-refractivity contribution >= 4 is 31.9 Å². The Labute approximate surface area is 150 Å². The van der Waals surface area contributed by atoms with Gasteiger partial charge in [-0.1, -0.05) is 30.3 Å². The van der Waals surface area contributed by atoms with E-state index in [2.05, 4.69) is 15.9 Å². The van der Waals surface area contributed by atoms with Gasteiger partial charge in [0.2, 0.25) is 10.0 Å². The van der Waals surface area contributed by atoms with E-state index in [1.807, 2.05) is 30.3 Å². The summed E-state index contributed by atoms with van der Waals surface area (Å²) in [6.45, 7) is 2.23. The molecule has 0 aromatic heterocycles. The molecule has 0 aliphatic carbocycles. The van der Waals surface area contributed by atoms with Crippen LogP contribution in [0, 0.1) is 0 Å². The Bertz CT molecular complexity index is 822. The maximum atomic E-state index is 12.7. The van der Waals surface area contributed by atoms with Crippen LogP contribution >= 0.6 is 15.9 Å². The Balaban J connectivity index is 2.27. The highest BCUT2D eigenvalue weighted by Gasteiger charge is 2.24. The fraction of sp³-hybridized carbons (Fsp3) is 0.235. The van der Waals surface area contributed by atoms with Crippen molar-refractivity contribution in [2.24, 2.45) is 0 Å². The number of hydrogen-bond donors (Lipinski definition) is 0. The van der Waals surface area contributed by atoms with Crippen molar-refractivity contribution in [2.75, 3.05) is 13.7 Å². The van der Waals surface area contributed by atoms with Crippen molar-refractivity contribution in [3.63, 3.8) is 0 Å². The Morgan fingerprint density at radius 3 is 2.42 bits per heavy atom. The molecule has 2 rings (SSSR count). The number of rotatable bonds is 6. The zero-order valence-corrected chi connectivity index (χ0v) is 15.8. The number of halogens is 1. The molecule has 2 aromatic carbocycles. The quantitative estimate of drug-likeness (QED) is 0.682. The molecule has 24 heavy (non-hydrogen) atoms. The molecule has 0 fully saturated rings. The van der Waals surface area contributed by atoms with E-state index in [0.29, 0.717) is 10.0 Å². The van der Waals surface area contributed by atoms with Crippen molar-refractivity contribution < 1.29 is 17.9 Å². The van der Waals surface area contributed by atoms with Crippen LogP contribution in [0.3, 0.4) is 0 Å². The van der Waals surface area contributed by atoms with Gasteiger partial charge in [0, 0.05) is 18.1 Å². The highest BCUT2D eigenvalue weighted by Crippen LogP contribution is 2.26. The second-order valence-electron chi connectivity index (χ2n) is 5.11. The first-order valence-electron chi connectivity index (χ1n) is 7.33. The molecule has 0 saturated carbocycles. The van der Waals surface area contributed by atoms with E-state index in [-0.39, 0.29) is 18.0 Å². The molecular weight excluding hydrogens is 394 g/mol. The van der Waals surface area contributed by atoms with Gasteiger partial charge in [-0.05, 0) is 46.6 Å². The van der Waals surface area contributed by atoms with E-state index in [4.69, 9.17) is 4.74 Å². The minimum Gasteiger partial charge on any atom is -0.462 e. The van der Waals surface area contributed by atoms with E-state index in [0.717, 1.165) is 5.56 Å². The van der Waals surface area contributed by atoms with E-state index >= 15 is 0 Å². The van der Waals surface area contributed by atoms with Crippen LogP contribution in [0.5, 0.6) is 0 Å². The third-order valence-electron chi connectivity index (χ3n) is 3.38. The van der Waals surface area contributed by atoms with Crippen molar-refractivity contribution in [2.45, 2.75) is 18.4 Å². The average Bonchev–Trinajstić information content (AvgIpc) is 2.55. The molecule has 0 amide bonds. The third kappa shape index (κ3) is 4.23. The van der Waals surface area contributed by atoms with Crippen LogP contribution in [-0.2, 0) is 21.3 Å². The summed E-state index contributed by atoms with van der Waals surface area (Å²) in [6, 6.07) is 13.7. The second-order valence-corrected chi connectivity index (χ2v) is 7.98. The van der Waals surface area contributed by atoms with E-state index in [1.165, 1.54) is 29.6 Å². The summed E-state index contributed by atoms with van der Waals surface area (Å²) < 4.78 is 32.0. The third-order valence-corrected chi connectivity index (χ3v) is 6.16. The van der Waals surface area contributed by atoms with Crippen LogP contribution in [0.1, 0.15) is 22.8 Å². The van der Waals surface area contributed by atoms with Crippen molar-refractivity contribution in [3.8, 4) is 0 Å². The molecule has 0 unspecified atom stereocenters. The lowest BCUT2D eigenvalue weighted by Gasteiger charge is -2.18. The monoisotopic (exact) mass is 411 g/mol. The molecule has 0 aliphatic rings. The molecule has 5 nitrogen and oxygen atoms in total. The molecular formula is C17H18BrNO4S. The predicted octanol–water partition coefficient (Wildman–Crippen LogP) is 3.45. The molecule has 0 saturated heterocycles. The minimum atomic E-state index is -3.69. The maximum absolute atomic E-state index is 12.7. The molecule has 0 atom stereocenters. The van der Waals surface area contributed by atoms with Gasteiger partial charge >= 0.3 is 5.97 Å². The Kier molecular flexibility index (Phi) is 6.15. The van der Waals surface area contributed by atoms with Gasteiger partial charge in [0.1, 0.15) is 0 Å². The lowest BCUT2D eigenvalue weighted by molar-refractivity contribution is 0.0526. The van der Waals surface area contributed by atoms with Gasteiger partial charge in [-0.3, -0.25) is 0 Å². The first kappa shape index (κ1) is 18.6. The first-order valence-corrected chi connectivity index (χ1v) is 9.56. The van der Waals surface area contributed by atoms with Crippen molar-refractivity contribution in [3.05, 3.63) is 64.1 Å². The van der Waals surface area contributed by atoms with Crippen LogP contribution < -0.4 is 0 Å². The molecule has 0 radical (unpaired) electrons. The van der Waals surface area contributed by atoms with E-state index < -0.39 is 16.0 Å². The zero-order chi connectivity index (χ0) is 17.7. The summed E-state index contributed by atoms with van der Waals surface area (Å²) in [5, 5.41) is 0. The molecule has 0 heterocycles. The highest BCUT2D eigenvalue weighted by atomic mass is 79.9. The topological polar surface area (TPSA) is 63.7 Å². The summed E-state index contributed by atoms with van der Waals surface area (Å²) >= 11 is 3.24. The SMILES string of the molecule is CCOC(=O)c1ccc(S(=O)(=O)N(C)Cc2ccccc2)c(Br)c1. The summed E-state index contributed by atoms with van der Waals surface area (Å²) in [6.07, 6.45) is 0. The fourth-order valence-corrected chi connectivity index (χ4v) is 4.34. The van der Waals surface area contributed by atoms with Crippen LogP contribution in [-0.4, -0.2) is 32.3 Å². The van der Waals surface area contributed by atoms with Crippen LogP contribution in [0.15, 0.2) is 57.9 Å². The number of carbonyl (C=O) groups excluding carboxylic acids is 1. The number of sulfonamides is 1. The summed E-state index contributed by atoms with van der Waals surface area (Å²) in [5.74, 6) is -0.486. The molecule has 7 heteroatoms. The second kappa shape index (κ2) is 7.92. The van der Waals surface area contributed by atoms with Gasteiger partial charge in [-0.25, -0.2) is 13.2 Å². The summed E-state index contributed by atoms with van der Waals surface area (Å²) in [5.41, 5.74) is 1.19. The highest BCUT2D eigenvalue weighted by molar-refractivity contribution is 9.10. The van der Waals surface area contributed by atoms with E-state index in [9.17, 15) is 13.2 Å². The van der Waals surface area contributed by atoms with Gasteiger partial charge in [-0.15, -0.1) is 0 Å². The number of benzene rings is 2. The average molecular weight is 412 g/mol. The fourth-order valence-electron chi connectivity index (χ4n) is 2.14. The Hall–Kier alpha value is -1.70. The van der Waals surface area contributed by atoms with Crippen LogP contribution in [0.2, 0.25) is 0 Å². The molecule has 0 aliphatic heterocycles. The predicted molar refractivity (Wildman–Crippen MR) is 95.2 cm³/mol. The molecule has 2 aromatic rings. The molecule has 0 N–H and O–H groups in total. The number of carbonyl (C=O) groups is 1. The molecule has 128 valence electrons. The Morgan fingerprint density at radius 2 is 1.83 bits per heavy atom. The standard InChI is InChI=1S/C17H18BrNO4S/c1-3-23-17(20)14-9-10-16(15(18)11-14)24(21,22)19(2)12-13-7-5-4-6-8-13/h4-11H,3,12H2,1-2H3. The first-order chi connectivity index (χ1) is 11.4. The number of hydrogen-bond acceptors (Lipinski definition) is 4. The summed E-state index contributed by atoms with van der Waals surface area (Å²) in [7, 11) is -2.17. The normalized spacial score (nSPS) is 11.5.